The van der Waals surface area contributed by atoms with Crippen molar-refractivity contribution in [3.05, 3.63) is 28.2 Å². The number of benzene rings is 1. The molecule has 0 aromatic heterocycles. The first-order valence-electron chi connectivity index (χ1n) is 5.95. The third-order valence-corrected chi connectivity index (χ3v) is 3.68. The lowest BCUT2D eigenvalue weighted by Gasteiger charge is -2.30. The second-order valence-electron chi connectivity index (χ2n) is 4.62. The fourth-order valence-corrected chi connectivity index (χ4v) is 2.38. The lowest BCUT2D eigenvalue weighted by molar-refractivity contribution is -0.0117. The van der Waals surface area contributed by atoms with E-state index in [4.69, 9.17) is 4.74 Å². The molecule has 3 nitrogen and oxygen atoms in total. The molecule has 1 aliphatic rings. The third kappa shape index (κ3) is 3.69. The van der Waals surface area contributed by atoms with E-state index in [9.17, 15) is 0 Å². The minimum atomic E-state index is 0.279. The molecule has 1 atom stereocenters. The van der Waals surface area contributed by atoms with Crippen LogP contribution in [0.4, 0.5) is 5.69 Å². The van der Waals surface area contributed by atoms with Gasteiger partial charge in [-0.1, -0.05) is 6.07 Å². The summed E-state index contributed by atoms with van der Waals surface area (Å²) < 4.78 is 6.82. The van der Waals surface area contributed by atoms with Gasteiger partial charge in [0.15, 0.2) is 0 Å². The summed E-state index contributed by atoms with van der Waals surface area (Å²) >= 11 is 3.55. The van der Waals surface area contributed by atoms with Crippen LogP contribution in [-0.2, 0) is 4.74 Å². The fourth-order valence-electron chi connectivity index (χ4n) is 1.99. The van der Waals surface area contributed by atoms with Gasteiger partial charge in [-0.25, -0.2) is 0 Å². The van der Waals surface area contributed by atoms with Gasteiger partial charge in [-0.15, -0.1) is 0 Å². The van der Waals surface area contributed by atoms with Gasteiger partial charge in [-0.3, -0.25) is 0 Å². The van der Waals surface area contributed by atoms with E-state index in [1.165, 1.54) is 5.56 Å². The predicted octanol–water partition coefficient (Wildman–Crippen LogP) is 2.50. The van der Waals surface area contributed by atoms with Crippen molar-refractivity contribution in [2.24, 2.45) is 0 Å². The molecule has 1 saturated heterocycles. The average molecular weight is 299 g/mol. The number of anilines is 1. The Morgan fingerprint density at radius 3 is 3.12 bits per heavy atom. The van der Waals surface area contributed by atoms with Crippen LogP contribution in [-0.4, -0.2) is 44.3 Å². The van der Waals surface area contributed by atoms with Crippen molar-refractivity contribution in [1.29, 1.82) is 0 Å². The predicted molar refractivity (Wildman–Crippen MR) is 74.6 cm³/mol. The molecule has 0 spiro atoms. The van der Waals surface area contributed by atoms with Crippen LogP contribution in [0.3, 0.4) is 0 Å². The van der Waals surface area contributed by atoms with Crippen LogP contribution in [0.25, 0.3) is 0 Å². The second-order valence-corrected chi connectivity index (χ2v) is 5.47. The molecule has 2 rings (SSSR count). The number of ether oxygens (including phenoxy) is 1. The van der Waals surface area contributed by atoms with Crippen LogP contribution in [0, 0.1) is 6.92 Å². The van der Waals surface area contributed by atoms with Crippen LogP contribution in [0.1, 0.15) is 5.56 Å². The van der Waals surface area contributed by atoms with Crippen molar-refractivity contribution in [2.45, 2.75) is 13.0 Å². The van der Waals surface area contributed by atoms with Gasteiger partial charge in [0.05, 0.1) is 12.7 Å². The standard InChI is InChI=1S/C13H19BrN2O/c1-10-3-4-12(14)13(7-10)15-8-11-9-16(2)5-6-17-11/h3-4,7,11,15H,5-6,8-9H2,1-2H3. The van der Waals surface area contributed by atoms with E-state index in [1.54, 1.807) is 0 Å². The first-order chi connectivity index (χ1) is 8.15. The van der Waals surface area contributed by atoms with Gasteiger partial charge < -0.3 is 15.0 Å². The van der Waals surface area contributed by atoms with E-state index in [1.807, 2.05) is 0 Å². The number of nitrogens with one attached hydrogen (secondary N) is 1. The van der Waals surface area contributed by atoms with Gasteiger partial charge in [-0.05, 0) is 47.6 Å². The first-order valence-corrected chi connectivity index (χ1v) is 6.74. The molecule has 0 aliphatic carbocycles. The molecular weight excluding hydrogens is 280 g/mol. The first kappa shape index (κ1) is 12.9. The Balaban J connectivity index is 1.90. The van der Waals surface area contributed by atoms with E-state index in [0.29, 0.717) is 0 Å². The van der Waals surface area contributed by atoms with E-state index < -0.39 is 0 Å². The summed E-state index contributed by atoms with van der Waals surface area (Å²) in [6.45, 7) is 5.81. The van der Waals surface area contributed by atoms with E-state index in [-0.39, 0.29) is 6.10 Å². The zero-order valence-corrected chi connectivity index (χ0v) is 12.0. The maximum Gasteiger partial charge on any atom is 0.0874 e. The monoisotopic (exact) mass is 298 g/mol. The van der Waals surface area contributed by atoms with Crippen LogP contribution < -0.4 is 5.32 Å². The Bertz CT molecular complexity index is 384. The number of aryl methyl sites for hydroxylation is 1. The van der Waals surface area contributed by atoms with Crippen molar-refractivity contribution in [1.82, 2.24) is 4.90 Å². The number of hydrogen-bond acceptors (Lipinski definition) is 3. The molecular formula is C13H19BrN2O. The average Bonchev–Trinajstić information content (AvgIpc) is 2.30. The molecule has 1 unspecified atom stereocenters. The minimum absolute atomic E-state index is 0.279. The van der Waals surface area contributed by atoms with E-state index in [2.05, 4.69) is 58.3 Å². The number of halogens is 1. The molecule has 94 valence electrons. The molecule has 1 aromatic carbocycles. The van der Waals surface area contributed by atoms with E-state index in [0.717, 1.165) is 36.4 Å². The highest BCUT2D eigenvalue weighted by molar-refractivity contribution is 9.10. The lowest BCUT2D eigenvalue weighted by Crippen LogP contribution is -2.43. The normalized spacial score (nSPS) is 21.5. The Morgan fingerprint density at radius 1 is 1.53 bits per heavy atom. The van der Waals surface area contributed by atoms with Crippen molar-refractivity contribution >= 4 is 21.6 Å². The number of nitrogens with zero attached hydrogens (tertiary/aromatic N) is 1. The molecule has 0 saturated carbocycles. The maximum absolute atomic E-state index is 5.72. The lowest BCUT2D eigenvalue weighted by atomic mass is 10.2. The van der Waals surface area contributed by atoms with Crippen molar-refractivity contribution in [3.8, 4) is 0 Å². The fraction of sp³-hybridized carbons (Fsp3) is 0.538. The Hall–Kier alpha value is -0.580. The molecule has 0 bridgehead atoms. The highest BCUT2D eigenvalue weighted by Gasteiger charge is 2.17. The Morgan fingerprint density at radius 2 is 2.35 bits per heavy atom. The van der Waals surface area contributed by atoms with Crippen LogP contribution in [0.5, 0.6) is 0 Å². The summed E-state index contributed by atoms with van der Waals surface area (Å²) in [5, 5.41) is 3.45. The minimum Gasteiger partial charge on any atom is -0.381 e. The molecule has 17 heavy (non-hydrogen) atoms. The van der Waals surface area contributed by atoms with Crippen molar-refractivity contribution in [3.63, 3.8) is 0 Å². The van der Waals surface area contributed by atoms with Crippen molar-refractivity contribution < 1.29 is 4.74 Å². The van der Waals surface area contributed by atoms with E-state index >= 15 is 0 Å². The Kier molecular flexibility index (Phi) is 4.42. The Labute approximate surface area is 111 Å². The second kappa shape index (κ2) is 5.85. The largest absolute Gasteiger partial charge is 0.381 e. The van der Waals surface area contributed by atoms with Crippen LogP contribution in [0.2, 0.25) is 0 Å². The van der Waals surface area contributed by atoms with Gasteiger partial charge in [-0.2, -0.15) is 0 Å². The highest BCUT2D eigenvalue weighted by atomic mass is 79.9. The summed E-state index contributed by atoms with van der Waals surface area (Å²) in [4.78, 5) is 2.31. The van der Waals surface area contributed by atoms with Gasteiger partial charge >= 0.3 is 0 Å². The summed E-state index contributed by atoms with van der Waals surface area (Å²) in [7, 11) is 2.14. The highest BCUT2D eigenvalue weighted by Crippen LogP contribution is 2.23. The molecule has 1 heterocycles. The smallest absolute Gasteiger partial charge is 0.0874 e. The van der Waals surface area contributed by atoms with Crippen LogP contribution in [0.15, 0.2) is 22.7 Å². The van der Waals surface area contributed by atoms with Gasteiger partial charge in [0, 0.05) is 29.8 Å². The zero-order chi connectivity index (χ0) is 12.3. The number of hydrogen-bond donors (Lipinski definition) is 1. The zero-order valence-electron chi connectivity index (χ0n) is 10.4. The van der Waals surface area contributed by atoms with Crippen molar-refractivity contribution in [2.75, 3.05) is 38.6 Å². The SMILES string of the molecule is Cc1ccc(Br)c(NCC2CN(C)CCO2)c1. The van der Waals surface area contributed by atoms with Gasteiger partial charge in [0.25, 0.3) is 0 Å². The number of likely N-dealkylation sites (N-methyl/N-ethyl adjacent to an activating group) is 1. The quantitative estimate of drug-likeness (QED) is 0.928. The summed E-state index contributed by atoms with van der Waals surface area (Å²) in [5.74, 6) is 0. The number of morpholine rings is 1. The van der Waals surface area contributed by atoms with Gasteiger partial charge in [0.1, 0.15) is 0 Å². The summed E-state index contributed by atoms with van der Waals surface area (Å²) in [6, 6.07) is 6.32. The maximum atomic E-state index is 5.72. The molecule has 4 heteroatoms. The molecule has 1 fully saturated rings. The van der Waals surface area contributed by atoms with Crippen LogP contribution >= 0.6 is 15.9 Å². The van der Waals surface area contributed by atoms with Gasteiger partial charge in [0.2, 0.25) is 0 Å². The molecule has 1 aromatic rings. The number of rotatable bonds is 3. The molecule has 0 amide bonds. The molecule has 1 N–H and O–H groups in total. The topological polar surface area (TPSA) is 24.5 Å². The summed E-state index contributed by atoms with van der Waals surface area (Å²) in [6.07, 6.45) is 0.279. The summed E-state index contributed by atoms with van der Waals surface area (Å²) in [5.41, 5.74) is 2.40. The molecule has 1 aliphatic heterocycles. The molecule has 0 radical (unpaired) electrons. The third-order valence-electron chi connectivity index (χ3n) is 2.98.